The zero-order chi connectivity index (χ0) is 12.3. The van der Waals surface area contributed by atoms with Gasteiger partial charge in [-0.15, -0.1) is 0 Å². The summed E-state index contributed by atoms with van der Waals surface area (Å²) in [5.74, 6) is 0. The normalized spacial score (nSPS) is 11.8. The summed E-state index contributed by atoms with van der Waals surface area (Å²) in [6.07, 6.45) is -4.44. The van der Waals surface area contributed by atoms with Crippen molar-refractivity contribution < 1.29 is 18.1 Å². The first-order valence-electron chi connectivity index (χ1n) is 4.32. The largest absolute Gasteiger partial charge is 0.459 e. The van der Waals surface area contributed by atoms with Crippen LogP contribution in [-0.4, -0.2) is 23.2 Å². The lowest BCUT2D eigenvalue weighted by Crippen LogP contribution is -2.33. The molecule has 1 aromatic rings. The highest BCUT2D eigenvalue weighted by Crippen LogP contribution is 2.22. The van der Waals surface area contributed by atoms with Gasteiger partial charge in [0.2, 0.25) is 0 Å². The average Bonchev–Trinajstić information content (AvgIpc) is 2.16. The average molecular weight is 234 g/mol. The van der Waals surface area contributed by atoms with Crippen molar-refractivity contribution in [2.45, 2.75) is 12.8 Å². The molecule has 0 aliphatic rings. The van der Waals surface area contributed by atoms with E-state index in [0.717, 1.165) is 13.1 Å². The number of benzene rings is 1. The van der Waals surface area contributed by atoms with Gasteiger partial charge in [0.15, 0.2) is 0 Å². The number of hydrogen-bond acceptors (Lipinski definition) is 3. The van der Waals surface area contributed by atoms with Crippen LogP contribution in [0.25, 0.3) is 0 Å². The molecule has 0 spiro atoms. The van der Waals surface area contributed by atoms with Crippen LogP contribution in [0.15, 0.2) is 24.3 Å². The summed E-state index contributed by atoms with van der Waals surface area (Å²) < 4.78 is 36.6. The van der Waals surface area contributed by atoms with Crippen LogP contribution in [0.1, 0.15) is 5.56 Å². The molecule has 0 heterocycles. The van der Waals surface area contributed by atoms with Crippen LogP contribution in [0.4, 0.5) is 18.9 Å². The minimum atomic E-state index is -4.44. The van der Waals surface area contributed by atoms with Crippen molar-refractivity contribution in [2.75, 3.05) is 7.05 Å². The minimum absolute atomic E-state index is 0.159. The van der Waals surface area contributed by atoms with Crippen molar-refractivity contribution >= 4 is 5.69 Å². The third kappa shape index (κ3) is 3.20. The van der Waals surface area contributed by atoms with E-state index in [-0.39, 0.29) is 16.2 Å². The standard InChI is InChI=1S/C9H9F3N2O2/c1-13(9(10,11)12)6-7-3-2-4-8(5-7)14(15)16/h2-5H,6H2,1H3. The van der Waals surface area contributed by atoms with E-state index in [0.29, 0.717) is 0 Å². The van der Waals surface area contributed by atoms with Crippen molar-refractivity contribution in [1.29, 1.82) is 0 Å². The van der Waals surface area contributed by atoms with Crippen molar-refractivity contribution in [1.82, 2.24) is 4.90 Å². The SMILES string of the molecule is CN(Cc1cccc([N+](=O)[O-])c1)C(F)(F)F. The molecule has 0 unspecified atom stereocenters. The van der Waals surface area contributed by atoms with E-state index in [1.54, 1.807) is 0 Å². The molecule has 0 bridgehead atoms. The van der Waals surface area contributed by atoms with E-state index in [4.69, 9.17) is 0 Å². The van der Waals surface area contributed by atoms with Gasteiger partial charge in [0.05, 0.1) is 4.92 Å². The van der Waals surface area contributed by atoms with Gasteiger partial charge in [-0.25, -0.2) is 4.90 Å². The Labute approximate surface area is 89.4 Å². The third-order valence-corrected chi connectivity index (χ3v) is 1.97. The maximum atomic E-state index is 12.2. The van der Waals surface area contributed by atoms with Crippen LogP contribution in [0.5, 0.6) is 0 Å². The highest BCUT2D eigenvalue weighted by atomic mass is 19.4. The molecular formula is C9H9F3N2O2. The van der Waals surface area contributed by atoms with Gasteiger partial charge in [0.25, 0.3) is 5.69 Å². The molecule has 16 heavy (non-hydrogen) atoms. The number of alkyl halides is 3. The minimum Gasteiger partial charge on any atom is -0.258 e. The summed E-state index contributed by atoms with van der Waals surface area (Å²) in [7, 11) is 0.888. The Hall–Kier alpha value is -1.63. The number of hydrogen-bond donors (Lipinski definition) is 0. The number of nitro benzene ring substituents is 1. The highest BCUT2D eigenvalue weighted by Gasteiger charge is 2.33. The predicted octanol–water partition coefficient (Wildman–Crippen LogP) is 2.55. The molecule has 0 aliphatic heterocycles. The molecular weight excluding hydrogens is 225 g/mol. The molecule has 0 saturated heterocycles. The Morgan fingerprint density at radius 1 is 1.44 bits per heavy atom. The summed E-state index contributed by atoms with van der Waals surface area (Å²) in [5.41, 5.74) is 0.0297. The van der Waals surface area contributed by atoms with Crippen molar-refractivity contribution in [2.24, 2.45) is 0 Å². The van der Waals surface area contributed by atoms with Crippen molar-refractivity contribution in [3.63, 3.8) is 0 Å². The predicted molar refractivity (Wildman–Crippen MR) is 50.6 cm³/mol. The Morgan fingerprint density at radius 3 is 2.56 bits per heavy atom. The first-order chi connectivity index (χ1) is 7.30. The first kappa shape index (κ1) is 12.4. The van der Waals surface area contributed by atoms with E-state index in [1.165, 1.54) is 18.2 Å². The number of rotatable bonds is 3. The molecule has 0 radical (unpaired) electrons. The lowest BCUT2D eigenvalue weighted by atomic mass is 10.2. The molecule has 0 aliphatic carbocycles. The Kier molecular flexibility index (Phi) is 3.48. The summed E-state index contributed by atoms with van der Waals surface area (Å²) in [6, 6.07) is 5.13. The molecule has 0 N–H and O–H groups in total. The van der Waals surface area contributed by atoms with Gasteiger partial charge in [-0.3, -0.25) is 10.1 Å². The lowest BCUT2D eigenvalue weighted by Gasteiger charge is -2.19. The van der Waals surface area contributed by atoms with Gasteiger partial charge >= 0.3 is 6.30 Å². The van der Waals surface area contributed by atoms with E-state index >= 15 is 0 Å². The molecule has 0 atom stereocenters. The maximum absolute atomic E-state index is 12.2. The molecule has 88 valence electrons. The van der Waals surface area contributed by atoms with E-state index in [9.17, 15) is 23.3 Å². The van der Waals surface area contributed by atoms with Crippen LogP contribution in [0.2, 0.25) is 0 Å². The van der Waals surface area contributed by atoms with Crippen LogP contribution in [-0.2, 0) is 6.54 Å². The Bertz CT molecular complexity index is 393. The molecule has 0 saturated carbocycles. The molecule has 1 aromatic carbocycles. The van der Waals surface area contributed by atoms with Crippen molar-refractivity contribution in [3.8, 4) is 0 Å². The Morgan fingerprint density at radius 2 is 2.06 bits per heavy atom. The van der Waals surface area contributed by atoms with Crippen molar-refractivity contribution in [3.05, 3.63) is 39.9 Å². The zero-order valence-corrected chi connectivity index (χ0v) is 8.36. The molecule has 7 heteroatoms. The fourth-order valence-corrected chi connectivity index (χ4v) is 1.13. The van der Waals surface area contributed by atoms with Gasteiger partial charge < -0.3 is 0 Å². The topological polar surface area (TPSA) is 46.4 Å². The monoisotopic (exact) mass is 234 g/mol. The van der Waals surface area contributed by atoms with E-state index < -0.39 is 17.8 Å². The second-order valence-electron chi connectivity index (χ2n) is 3.25. The molecule has 0 aromatic heterocycles. The van der Waals surface area contributed by atoms with Gasteiger partial charge in [0.1, 0.15) is 0 Å². The molecule has 1 rings (SSSR count). The lowest BCUT2D eigenvalue weighted by molar-refractivity contribution is -0.385. The number of nitrogens with zero attached hydrogens (tertiary/aromatic N) is 2. The summed E-state index contributed by atoms with van der Waals surface area (Å²) in [5, 5.41) is 10.4. The smallest absolute Gasteiger partial charge is 0.258 e. The molecule has 0 fully saturated rings. The fourth-order valence-electron chi connectivity index (χ4n) is 1.13. The van der Waals surface area contributed by atoms with Crippen LogP contribution in [0.3, 0.4) is 0 Å². The second-order valence-corrected chi connectivity index (χ2v) is 3.25. The van der Waals surface area contributed by atoms with E-state index in [1.807, 2.05) is 0 Å². The van der Waals surface area contributed by atoms with Gasteiger partial charge in [0, 0.05) is 18.7 Å². The highest BCUT2D eigenvalue weighted by molar-refractivity contribution is 5.34. The summed E-state index contributed by atoms with van der Waals surface area (Å²) >= 11 is 0. The number of halogens is 3. The summed E-state index contributed by atoms with van der Waals surface area (Å²) in [4.78, 5) is 9.92. The van der Waals surface area contributed by atoms with Gasteiger partial charge in [-0.1, -0.05) is 12.1 Å². The van der Waals surface area contributed by atoms with Gasteiger partial charge in [-0.2, -0.15) is 13.2 Å². The van der Waals surface area contributed by atoms with Crippen LogP contribution < -0.4 is 0 Å². The fraction of sp³-hybridized carbons (Fsp3) is 0.333. The van der Waals surface area contributed by atoms with Crippen LogP contribution in [0, 0.1) is 10.1 Å². The number of non-ortho nitro benzene ring substituents is 1. The summed E-state index contributed by atoms with van der Waals surface area (Å²) in [6.45, 7) is -0.412. The molecule has 4 nitrogen and oxygen atoms in total. The van der Waals surface area contributed by atoms with E-state index in [2.05, 4.69) is 0 Å². The first-order valence-corrected chi connectivity index (χ1v) is 4.32. The number of nitro groups is 1. The zero-order valence-electron chi connectivity index (χ0n) is 8.36. The third-order valence-electron chi connectivity index (χ3n) is 1.97. The second kappa shape index (κ2) is 4.48. The maximum Gasteiger partial charge on any atom is 0.459 e. The molecule has 0 amide bonds. The Balaban J connectivity index is 2.82. The quantitative estimate of drug-likeness (QED) is 0.458. The van der Waals surface area contributed by atoms with Gasteiger partial charge in [-0.05, 0) is 12.6 Å². The van der Waals surface area contributed by atoms with Crippen LogP contribution >= 0.6 is 0 Å².